The molecule has 0 aliphatic carbocycles. The number of halogens is 1. The first kappa shape index (κ1) is 27.1. The third-order valence-corrected chi connectivity index (χ3v) is 8.49. The van der Waals surface area contributed by atoms with Crippen molar-refractivity contribution in [3.63, 3.8) is 0 Å². The summed E-state index contributed by atoms with van der Waals surface area (Å²) in [7, 11) is -3.07. The molecular formula is C32H30FN3O4S. The number of piperidine rings is 1. The Hall–Kier alpha value is -4.13. The van der Waals surface area contributed by atoms with E-state index in [0.29, 0.717) is 16.3 Å². The van der Waals surface area contributed by atoms with Crippen LogP contribution in [0.3, 0.4) is 0 Å². The molecule has 9 heteroatoms. The minimum absolute atomic E-state index is 0.0388. The van der Waals surface area contributed by atoms with E-state index in [2.05, 4.69) is 31.6 Å². The second kappa shape index (κ2) is 10.1. The van der Waals surface area contributed by atoms with Crippen LogP contribution in [0.25, 0.3) is 44.0 Å². The Morgan fingerprint density at radius 2 is 1.83 bits per heavy atom. The van der Waals surface area contributed by atoms with Crippen molar-refractivity contribution in [3.05, 3.63) is 75.9 Å². The van der Waals surface area contributed by atoms with Crippen LogP contribution >= 0.6 is 0 Å². The Bertz CT molecular complexity index is 2050. The van der Waals surface area contributed by atoms with Crippen molar-refractivity contribution in [1.82, 2.24) is 14.5 Å². The summed E-state index contributed by atoms with van der Waals surface area (Å²) in [5, 5.41) is 2.09. The lowest BCUT2D eigenvalue weighted by Gasteiger charge is -2.32. The van der Waals surface area contributed by atoms with Crippen molar-refractivity contribution < 1.29 is 16.5 Å². The van der Waals surface area contributed by atoms with Crippen LogP contribution in [0.1, 0.15) is 49.8 Å². The van der Waals surface area contributed by atoms with Crippen LogP contribution in [0.15, 0.2) is 59.4 Å². The highest BCUT2D eigenvalue weighted by molar-refractivity contribution is 7.81. The first-order valence-corrected chi connectivity index (χ1v) is 14.9. The molecule has 210 valence electrons. The summed E-state index contributed by atoms with van der Waals surface area (Å²) in [5.41, 5.74) is 5.41. The summed E-state index contributed by atoms with van der Waals surface area (Å²) in [6.07, 6.45) is 7.49. The lowest BCUT2D eigenvalue weighted by atomic mass is 9.90. The zero-order chi connectivity index (χ0) is 29.1. The fraction of sp³-hybridized carbons (Fsp3) is 0.281. The number of terminal acetylenes is 1. The first-order chi connectivity index (χ1) is 19.5. The van der Waals surface area contributed by atoms with Crippen LogP contribution in [0.4, 0.5) is 3.89 Å². The molecule has 6 rings (SSSR count). The Labute approximate surface area is 238 Å². The maximum Gasteiger partial charge on any atom is 0.488 e. The molecule has 0 unspecified atom stereocenters. The van der Waals surface area contributed by atoms with Gasteiger partial charge in [-0.3, -0.25) is 4.79 Å². The summed E-state index contributed by atoms with van der Waals surface area (Å²) in [5.74, 6) is 2.59. The van der Waals surface area contributed by atoms with Crippen LogP contribution < -0.4 is 9.61 Å². The smallest absolute Gasteiger partial charge is 0.358 e. The van der Waals surface area contributed by atoms with Gasteiger partial charge in [0.15, 0.2) is 5.43 Å². The van der Waals surface area contributed by atoms with Gasteiger partial charge in [-0.25, -0.2) is 0 Å². The summed E-state index contributed by atoms with van der Waals surface area (Å²) in [4.78, 5) is 20.0. The van der Waals surface area contributed by atoms with Gasteiger partial charge in [-0.1, -0.05) is 41.9 Å². The quantitative estimate of drug-likeness (QED) is 0.199. The number of aromatic amines is 1. The van der Waals surface area contributed by atoms with Gasteiger partial charge in [-0.2, -0.15) is 8.42 Å². The highest BCUT2D eigenvalue weighted by Gasteiger charge is 2.26. The van der Waals surface area contributed by atoms with E-state index in [1.54, 1.807) is 6.07 Å². The van der Waals surface area contributed by atoms with E-state index >= 15 is 0 Å². The number of hydrogen-bond acceptors (Lipinski definition) is 5. The minimum Gasteiger partial charge on any atom is -0.358 e. The molecule has 3 heterocycles. The highest BCUT2D eigenvalue weighted by atomic mass is 32.3. The number of rotatable bonds is 5. The van der Waals surface area contributed by atoms with Gasteiger partial charge in [-0.15, -0.1) is 6.42 Å². The van der Waals surface area contributed by atoms with Crippen molar-refractivity contribution >= 4 is 43.3 Å². The number of likely N-dealkylation sites (tertiary alicyclic amines) is 1. The van der Waals surface area contributed by atoms with Gasteiger partial charge >= 0.3 is 10.5 Å². The molecule has 1 fully saturated rings. The molecule has 1 aliphatic rings. The van der Waals surface area contributed by atoms with E-state index in [0.717, 1.165) is 64.7 Å². The summed E-state index contributed by atoms with van der Waals surface area (Å²) in [6, 6.07) is 16.1. The SMILES string of the molecule is C#Cc1ccc2c(c1)[nH]c1c2c(=O)c2cc(C(C)C)c(-c3cccc(OS(=O)(=O)F)c3)cc2n1C1CCN(C)CC1. The third kappa shape index (κ3) is 4.88. The van der Waals surface area contributed by atoms with E-state index in [9.17, 15) is 17.1 Å². The van der Waals surface area contributed by atoms with Crippen LogP contribution in [0.2, 0.25) is 0 Å². The number of aromatic nitrogens is 2. The molecule has 2 aromatic heterocycles. The number of pyridine rings is 1. The van der Waals surface area contributed by atoms with Crippen molar-refractivity contribution in [2.24, 2.45) is 0 Å². The molecule has 41 heavy (non-hydrogen) atoms. The van der Waals surface area contributed by atoms with Crippen LogP contribution in [-0.2, 0) is 10.5 Å². The maximum absolute atomic E-state index is 14.2. The van der Waals surface area contributed by atoms with Crippen LogP contribution in [-0.4, -0.2) is 43.0 Å². The monoisotopic (exact) mass is 571 g/mol. The van der Waals surface area contributed by atoms with Crippen molar-refractivity contribution in [2.45, 2.75) is 38.6 Å². The van der Waals surface area contributed by atoms with Gasteiger partial charge in [0.25, 0.3) is 0 Å². The second-order valence-corrected chi connectivity index (χ2v) is 12.1. The average molecular weight is 572 g/mol. The van der Waals surface area contributed by atoms with Gasteiger partial charge in [0.05, 0.1) is 10.9 Å². The Morgan fingerprint density at radius 1 is 1.07 bits per heavy atom. The maximum atomic E-state index is 14.2. The van der Waals surface area contributed by atoms with Gasteiger partial charge in [0.1, 0.15) is 11.4 Å². The topological polar surface area (TPSA) is 84.4 Å². The average Bonchev–Trinajstić information content (AvgIpc) is 3.31. The molecule has 5 aromatic rings. The standard InChI is InChI=1S/C32H30FN3O4S/c1-5-20-9-10-24-28(15-20)34-32-30(24)31(37)27-17-25(19(2)3)26(21-7-6-8-23(16-21)40-41(33,38)39)18-29(27)36(32)22-11-13-35(4)14-12-22/h1,6-10,15-19,22,34H,11-14H2,2-4H3. The number of benzene rings is 3. The largest absolute Gasteiger partial charge is 0.488 e. The summed E-state index contributed by atoms with van der Waals surface area (Å²) >= 11 is 0. The first-order valence-electron chi connectivity index (χ1n) is 13.6. The third-order valence-electron chi connectivity index (χ3n) is 8.10. The second-order valence-electron chi connectivity index (χ2n) is 11.1. The molecular weight excluding hydrogens is 541 g/mol. The van der Waals surface area contributed by atoms with E-state index < -0.39 is 10.5 Å². The molecule has 0 atom stereocenters. The zero-order valence-electron chi connectivity index (χ0n) is 23.1. The Kier molecular flexibility index (Phi) is 6.63. The summed E-state index contributed by atoms with van der Waals surface area (Å²) < 4.78 is 42.5. The molecule has 1 saturated heterocycles. The van der Waals surface area contributed by atoms with Crippen molar-refractivity contribution in [2.75, 3.05) is 20.1 Å². The molecule has 0 saturated carbocycles. The molecule has 0 radical (unpaired) electrons. The zero-order valence-corrected chi connectivity index (χ0v) is 23.9. The molecule has 7 nitrogen and oxygen atoms in total. The molecule has 0 amide bonds. The molecule has 0 spiro atoms. The van der Waals surface area contributed by atoms with E-state index in [-0.39, 0.29) is 23.1 Å². The highest BCUT2D eigenvalue weighted by Crippen LogP contribution is 2.38. The number of fused-ring (bicyclic) bond motifs is 4. The minimum atomic E-state index is -5.18. The molecule has 1 aliphatic heterocycles. The Morgan fingerprint density at radius 3 is 2.51 bits per heavy atom. The lowest BCUT2D eigenvalue weighted by Crippen LogP contribution is -2.32. The Balaban J connectivity index is 1.70. The number of H-pyrrole nitrogens is 1. The summed E-state index contributed by atoms with van der Waals surface area (Å²) in [6.45, 7) is 5.93. The predicted octanol–water partition coefficient (Wildman–Crippen LogP) is 6.27. The van der Waals surface area contributed by atoms with Gasteiger partial charge in [0.2, 0.25) is 0 Å². The van der Waals surface area contributed by atoms with E-state index in [1.807, 2.05) is 50.2 Å². The normalized spacial score (nSPS) is 15.2. The van der Waals surface area contributed by atoms with Gasteiger partial charge < -0.3 is 18.6 Å². The van der Waals surface area contributed by atoms with Crippen molar-refractivity contribution in [1.29, 1.82) is 0 Å². The lowest BCUT2D eigenvalue weighted by molar-refractivity contribution is 0.226. The number of nitrogens with one attached hydrogen (secondary N) is 1. The van der Waals surface area contributed by atoms with Crippen LogP contribution in [0, 0.1) is 12.3 Å². The van der Waals surface area contributed by atoms with E-state index in [1.165, 1.54) is 12.1 Å². The number of nitrogens with zero attached hydrogens (tertiary/aromatic N) is 2. The molecule has 0 bridgehead atoms. The van der Waals surface area contributed by atoms with E-state index in [4.69, 9.17) is 6.42 Å². The van der Waals surface area contributed by atoms with Crippen LogP contribution in [0.5, 0.6) is 5.75 Å². The fourth-order valence-electron chi connectivity index (χ4n) is 6.12. The fourth-order valence-corrected chi connectivity index (χ4v) is 6.45. The predicted molar refractivity (Wildman–Crippen MR) is 161 cm³/mol. The number of hydrogen-bond donors (Lipinski definition) is 1. The van der Waals surface area contributed by atoms with Gasteiger partial charge in [0, 0.05) is 27.9 Å². The molecule has 3 aromatic carbocycles. The van der Waals surface area contributed by atoms with Gasteiger partial charge in [-0.05, 0) is 92.0 Å². The van der Waals surface area contributed by atoms with Crippen molar-refractivity contribution in [3.8, 4) is 29.2 Å². The molecule has 1 N–H and O–H groups in total.